The van der Waals surface area contributed by atoms with Gasteiger partial charge in [0.2, 0.25) is 0 Å². The summed E-state index contributed by atoms with van der Waals surface area (Å²) >= 11 is 0. The monoisotopic (exact) mass is 296 g/mol. The third-order valence-corrected chi connectivity index (χ3v) is 3.18. The van der Waals surface area contributed by atoms with Gasteiger partial charge in [0.15, 0.2) is 0 Å². The average molecular weight is 296 g/mol. The number of allylic oxidation sites excluding steroid dienone is 1. The van der Waals surface area contributed by atoms with E-state index in [1.165, 1.54) is 16.8 Å². The quantitative estimate of drug-likeness (QED) is 0.940. The van der Waals surface area contributed by atoms with E-state index in [0.29, 0.717) is 5.69 Å². The van der Waals surface area contributed by atoms with E-state index >= 15 is 0 Å². The normalized spacial score (nSPS) is 12.8. The molecule has 0 aliphatic rings. The number of aryl methyl sites for hydroxylation is 1. The number of rotatable bonds is 3. The molecule has 1 N–H and O–H groups in total. The predicted octanol–water partition coefficient (Wildman–Crippen LogP) is 3.60. The molecule has 0 aliphatic heterocycles. The second-order valence-electron chi connectivity index (χ2n) is 4.69. The molecule has 0 radical (unpaired) electrons. The molecule has 1 aromatic carbocycles. The van der Waals surface area contributed by atoms with Gasteiger partial charge in [0, 0.05) is 11.8 Å². The standard InChI is InChI=1S/C15H15F3N2O/c1-10(7-8-21)14-9-20(19-11(14)2)13-5-3-12(4-6-13)15(16,17)18/h3-7,9,21H,8H2,1-2H3/b10-7-. The number of alkyl halides is 3. The van der Waals surface area contributed by atoms with E-state index in [1.807, 2.05) is 13.8 Å². The molecule has 2 aromatic rings. The lowest BCUT2D eigenvalue weighted by atomic mass is 10.1. The highest BCUT2D eigenvalue weighted by atomic mass is 19.4. The molecule has 1 heterocycles. The molecule has 0 amide bonds. The van der Waals surface area contributed by atoms with Crippen LogP contribution in [0.1, 0.15) is 23.7 Å². The van der Waals surface area contributed by atoms with Crippen molar-refractivity contribution in [3.8, 4) is 5.69 Å². The van der Waals surface area contributed by atoms with E-state index in [9.17, 15) is 13.2 Å². The molecular formula is C15H15F3N2O. The van der Waals surface area contributed by atoms with Crippen LogP contribution in [0.15, 0.2) is 36.5 Å². The van der Waals surface area contributed by atoms with Crippen LogP contribution in [0.2, 0.25) is 0 Å². The Bertz CT molecular complexity index is 655. The molecule has 0 unspecified atom stereocenters. The van der Waals surface area contributed by atoms with Crippen LogP contribution in [0.4, 0.5) is 13.2 Å². The summed E-state index contributed by atoms with van der Waals surface area (Å²) in [5, 5.41) is 13.2. The minimum atomic E-state index is -4.34. The Labute approximate surface area is 120 Å². The molecular weight excluding hydrogens is 281 g/mol. The van der Waals surface area contributed by atoms with Gasteiger partial charge in [-0.15, -0.1) is 0 Å². The SMILES string of the molecule is C/C(=C/CO)c1cn(-c2ccc(C(F)(F)F)cc2)nc1C. The summed E-state index contributed by atoms with van der Waals surface area (Å²) in [6.45, 7) is 3.58. The van der Waals surface area contributed by atoms with E-state index in [-0.39, 0.29) is 6.61 Å². The van der Waals surface area contributed by atoms with E-state index in [1.54, 1.807) is 12.3 Å². The number of nitrogens with zero attached hydrogens (tertiary/aromatic N) is 2. The Morgan fingerprint density at radius 3 is 2.43 bits per heavy atom. The van der Waals surface area contributed by atoms with Crippen LogP contribution < -0.4 is 0 Å². The molecule has 6 heteroatoms. The van der Waals surface area contributed by atoms with Gasteiger partial charge in [0.1, 0.15) is 0 Å². The minimum absolute atomic E-state index is 0.0727. The van der Waals surface area contributed by atoms with Crippen LogP contribution in [-0.4, -0.2) is 21.5 Å². The molecule has 2 rings (SSSR count). The lowest BCUT2D eigenvalue weighted by Gasteiger charge is -2.07. The molecule has 112 valence electrons. The summed E-state index contributed by atoms with van der Waals surface area (Å²) in [5.74, 6) is 0. The van der Waals surface area contributed by atoms with E-state index in [2.05, 4.69) is 5.10 Å². The summed E-state index contributed by atoms with van der Waals surface area (Å²) < 4.78 is 39.1. The smallest absolute Gasteiger partial charge is 0.392 e. The zero-order valence-electron chi connectivity index (χ0n) is 11.6. The average Bonchev–Trinajstić information content (AvgIpc) is 2.80. The van der Waals surface area contributed by atoms with Gasteiger partial charge in [-0.2, -0.15) is 18.3 Å². The van der Waals surface area contributed by atoms with Crippen molar-refractivity contribution in [1.29, 1.82) is 0 Å². The highest BCUT2D eigenvalue weighted by Crippen LogP contribution is 2.29. The van der Waals surface area contributed by atoms with Gasteiger partial charge in [-0.3, -0.25) is 0 Å². The van der Waals surface area contributed by atoms with Crippen molar-refractivity contribution < 1.29 is 18.3 Å². The number of aliphatic hydroxyl groups excluding tert-OH is 1. The van der Waals surface area contributed by atoms with Crippen molar-refractivity contribution >= 4 is 5.57 Å². The molecule has 0 saturated carbocycles. The lowest BCUT2D eigenvalue weighted by Crippen LogP contribution is -2.05. The first-order chi connectivity index (χ1) is 9.82. The molecule has 3 nitrogen and oxygen atoms in total. The minimum Gasteiger partial charge on any atom is -0.392 e. The maximum Gasteiger partial charge on any atom is 0.416 e. The molecule has 1 aromatic heterocycles. The van der Waals surface area contributed by atoms with Gasteiger partial charge in [0.25, 0.3) is 0 Å². The summed E-state index contributed by atoms with van der Waals surface area (Å²) in [5.41, 5.74) is 2.33. The number of hydrogen-bond acceptors (Lipinski definition) is 2. The van der Waals surface area contributed by atoms with Crippen molar-refractivity contribution in [2.24, 2.45) is 0 Å². The predicted molar refractivity (Wildman–Crippen MR) is 74.0 cm³/mol. The number of aromatic nitrogens is 2. The van der Waals surface area contributed by atoms with Crippen molar-refractivity contribution in [2.75, 3.05) is 6.61 Å². The van der Waals surface area contributed by atoms with Crippen LogP contribution in [0.5, 0.6) is 0 Å². The van der Waals surface area contributed by atoms with Crippen LogP contribution >= 0.6 is 0 Å². The molecule has 0 spiro atoms. The molecule has 0 saturated heterocycles. The summed E-state index contributed by atoms with van der Waals surface area (Å²) in [6.07, 6.45) is -0.954. The molecule has 0 aliphatic carbocycles. The Balaban J connectivity index is 2.35. The van der Waals surface area contributed by atoms with Crippen LogP contribution in [0, 0.1) is 6.92 Å². The molecule has 0 bridgehead atoms. The highest BCUT2D eigenvalue weighted by molar-refractivity contribution is 5.65. The lowest BCUT2D eigenvalue weighted by molar-refractivity contribution is -0.137. The fourth-order valence-corrected chi connectivity index (χ4v) is 2.03. The fraction of sp³-hybridized carbons (Fsp3) is 0.267. The molecule has 21 heavy (non-hydrogen) atoms. The van der Waals surface area contributed by atoms with Gasteiger partial charge in [-0.05, 0) is 43.7 Å². The maximum atomic E-state index is 12.5. The van der Waals surface area contributed by atoms with Crippen molar-refractivity contribution in [2.45, 2.75) is 20.0 Å². The van der Waals surface area contributed by atoms with Gasteiger partial charge < -0.3 is 5.11 Å². The van der Waals surface area contributed by atoms with Gasteiger partial charge in [-0.25, -0.2) is 4.68 Å². The van der Waals surface area contributed by atoms with Gasteiger partial charge in [0.05, 0.1) is 23.6 Å². The third kappa shape index (κ3) is 3.33. The Kier molecular flexibility index (Phi) is 4.18. The zero-order valence-corrected chi connectivity index (χ0v) is 11.6. The number of halogens is 3. The first kappa shape index (κ1) is 15.3. The topological polar surface area (TPSA) is 38.0 Å². The van der Waals surface area contributed by atoms with Crippen LogP contribution in [0.3, 0.4) is 0 Å². The van der Waals surface area contributed by atoms with Crippen LogP contribution in [-0.2, 0) is 6.18 Å². The Morgan fingerprint density at radius 1 is 1.29 bits per heavy atom. The van der Waals surface area contributed by atoms with Crippen LogP contribution in [0.25, 0.3) is 11.3 Å². The largest absolute Gasteiger partial charge is 0.416 e. The fourth-order valence-electron chi connectivity index (χ4n) is 2.03. The second-order valence-corrected chi connectivity index (χ2v) is 4.69. The summed E-state index contributed by atoms with van der Waals surface area (Å²) in [6, 6.07) is 4.82. The molecule has 0 fully saturated rings. The van der Waals surface area contributed by atoms with E-state index in [0.717, 1.165) is 29.0 Å². The second kappa shape index (κ2) is 5.73. The first-order valence-electron chi connectivity index (χ1n) is 6.35. The van der Waals surface area contributed by atoms with Gasteiger partial charge in [-0.1, -0.05) is 6.08 Å². The van der Waals surface area contributed by atoms with Crippen molar-refractivity contribution in [3.05, 3.63) is 53.4 Å². The van der Waals surface area contributed by atoms with E-state index < -0.39 is 11.7 Å². The third-order valence-electron chi connectivity index (χ3n) is 3.18. The summed E-state index contributed by atoms with van der Waals surface area (Å²) in [4.78, 5) is 0. The number of hydrogen-bond donors (Lipinski definition) is 1. The van der Waals surface area contributed by atoms with Crippen molar-refractivity contribution in [1.82, 2.24) is 9.78 Å². The number of aliphatic hydroxyl groups is 1. The Hall–Kier alpha value is -2.08. The summed E-state index contributed by atoms with van der Waals surface area (Å²) in [7, 11) is 0. The van der Waals surface area contributed by atoms with E-state index in [4.69, 9.17) is 5.11 Å². The number of benzene rings is 1. The Morgan fingerprint density at radius 2 is 1.90 bits per heavy atom. The van der Waals surface area contributed by atoms with Crippen molar-refractivity contribution in [3.63, 3.8) is 0 Å². The zero-order chi connectivity index (χ0) is 15.6. The van der Waals surface area contributed by atoms with Gasteiger partial charge >= 0.3 is 6.18 Å². The maximum absolute atomic E-state index is 12.5. The highest BCUT2D eigenvalue weighted by Gasteiger charge is 2.30. The first-order valence-corrected chi connectivity index (χ1v) is 6.35. The molecule has 0 atom stereocenters.